The van der Waals surface area contributed by atoms with Gasteiger partial charge in [-0.15, -0.1) is 0 Å². The molecule has 114 valence electrons. The zero-order valence-corrected chi connectivity index (χ0v) is 14.3. The van der Waals surface area contributed by atoms with Gasteiger partial charge in [-0.25, -0.2) is 0 Å². The third-order valence-corrected chi connectivity index (χ3v) is 4.14. The lowest BCUT2D eigenvalue weighted by molar-refractivity contribution is 0.172. The standard InChI is InChI=1S/C16H26BrNO2/c1-13(8-10-19-2)16(12-18-9-11-20-3)14-4-6-15(17)7-5-14/h4-7,13,16,18H,8-12H2,1-3H3. The average Bonchev–Trinajstić information content (AvgIpc) is 2.46. The number of halogens is 1. The van der Waals surface area contributed by atoms with Crippen molar-refractivity contribution in [3.8, 4) is 0 Å². The first-order valence-corrected chi connectivity index (χ1v) is 7.92. The molecule has 0 amide bonds. The Balaban J connectivity index is 2.64. The molecule has 2 unspecified atom stereocenters. The van der Waals surface area contributed by atoms with Gasteiger partial charge in [0.05, 0.1) is 6.61 Å². The minimum absolute atomic E-state index is 0.495. The lowest BCUT2D eigenvalue weighted by Crippen LogP contribution is -2.28. The normalized spacial score (nSPS) is 14.2. The first kappa shape index (κ1) is 17.6. The van der Waals surface area contributed by atoms with E-state index in [0.29, 0.717) is 11.8 Å². The maximum absolute atomic E-state index is 5.21. The van der Waals surface area contributed by atoms with Crippen LogP contribution >= 0.6 is 15.9 Å². The van der Waals surface area contributed by atoms with E-state index in [1.807, 2.05) is 0 Å². The summed E-state index contributed by atoms with van der Waals surface area (Å²) in [5, 5.41) is 3.48. The van der Waals surface area contributed by atoms with Crippen molar-refractivity contribution >= 4 is 15.9 Å². The fourth-order valence-corrected chi connectivity index (χ4v) is 2.56. The van der Waals surface area contributed by atoms with Crippen LogP contribution in [-0.2, 0) is 9.47 Å². The number of ether oxygens (including phenoxy) is 2. The highest BCUT2D eigenvalue weighted by atomic mass is 79.9. The SMILES string of the molecule is COCCNCC(c1ccc(Br)cc1)C(C)CCOC. The highest BCUT2D eigenvalue weighted by Crippen LogP contribution is 2.27. The summed E-state index contributed by atoms with van der Waals surface area (Å²) >= 11 is 3.49. The molecule has 0 spiro atoms. The van der Waals surface area contributed by atoms with Gasteiger partial charge < -0.3 is 14.8 Å². The Morgan fingerprint density at radius 3 is 2.35 bits per heavy atom. The molecular weight excluding hydrogens is 318 g/mol. The van der Waals surface area contributed by atoms with Crippen LogP contribution in [0.3, 0.4) is 0 Å². The van der Waals surface area contributed by atoms with Gasteiger partial charge in [0.2, 0.25) is 0 Å². The van der Waals surface area contributed by atoms with Crippen LogP contribution in [0.15, 0.2) is 28.7 Å². The smallest absolute Gasteiger partial charge is 0.0587 e. The van der Waals surface area contributed by atoms with Gasteiger partial charge in [0.25, 0.3) is 0 Å². The highest BCUT2D eigenvalue weighted by molar-refractivity contribution is 9.10. The van der Waals surface area contributed by atoms with Gasteiger partial charge in [-0.2, -0.15) is 0 Å². The van der Waals surface area contributed by atoms with Gasteiger partial charge in [-0.05, 0) is 36.0 Å². The van der Waals surface area contributed by atoms with E-state index >= 15 is 0 Å². The molecule has 1 N–H and O–H groups in total. The summed E-state index contributed by atoms with van der Waals surface area (Å²) in [5.41, 5.74) is 1.38. The van der Waals surface area contributed by atoms with E-state index in [-0.39, 0.29) is 0 Å². The van der Waals surface area contributed by atoms with Gasteiger partial charge >= 0.3 is 0 Å². The topological polar surface area (TPSA) is 30.5 Å². The number of methoxy groups -OCH3 is 2. The number of nitrogens with one attached hydrogen (secondary N) is 1. The van der Waals surface area contributed by atoms with E-state index in [2.05, 4.69) is 52.4 Å². The second-order valence-electron chi connectivity index (χ2n) is 5.11. The predicted octanol–water partition coefficient (Wildman–Crippen LogP) is 3.44. The Morgan fingerprint density at radius 2 is 1.75 bits per heavy atom. The van der Waals surface area contributed by atoms with Crippen LogP contribution in [0.2, 0.25) is 0 Å². The van der Waals surface area contributed by atoms with Crippen LogP contribution in [0.25, 0.3) is 0 Å². The number of hydrogen-bond donors (Lipinski definition) is 1. The molecule has 0 bridgehead atoms. The maximum atomic E-state index is 5.21. The minimum atomic E-state index is 0.495. The first-order chi connectivity index (χ1) is 9.69. The van der Waals surface area contributed by atoms with Crippen LogP contribution < -0.4 is 5.32 Å². The van der Waals surface area contributed by atoms with Gasteiger partial charge in [0, 0.05) is 38.4 Å². The molecule has 0 fully saturated rings. The van der Waals surface area contributed by atoms with Crippen LogP contribution in [0.1, 0.15) is 24.8 Å². The first-order valence-electron chi connectivity index (χ1n) is 7.13. The van der Waals surface area contributed by atoms with Crippen molar-refractivity contribution < 1.29 is 9.47 Å². The Hall–Kier alpha value is -0.420. The molecule has 3 nitrogen and oxygen atoms in total. The Labute approximate surface area is 131 Å². The maximum Gasteiger partial charge on any atom is 0.0587 e. The van der Waals surface area contributed by atoms with Gasteiger partial charge in [0.1, 0.15) is 0 Å². The lowest BCUT2D eigenvalue weighted by Gasteiger charge is -2.25. The molecule has 0 heterocycles. The zero-order valence-electron chi connectivity index (χ0n) is 12.7. The van der Waals surface area contributed by atoms with Gasteiger partial charge in [-0.3, -0.25) is 0 Å². The summed E-state index contributed by atoms with van der Waals surface area (Å²) in [7, 11) is 3.49. The zero-order chi connectivity index (χ0) is 14.8. The van der Waals surface area contributed by atoms with Crippen LogP contribution in [-0.4, -0.2) is 40.5 Å². The number of rotatable bonds is 10. The summed E-state index contributed by atoms with van der Waals surface area (Å²) in [6.45, 7) is 5.71. The third kappa shape index (κ3) is 6.35. The highest BCUT2D eigenvalue weighted by Gasteiger charge is 2.18. The van der Waals surface area contributed by atoms with E-state index < -0.39 is 0 Å². The summed E-state index contributed by atoms with van der Waals surface area (Å²) in [5.74, 6) is 1.07. The second-order valence-corrected chi connectivity index (χ2v) is 6.03. The van der Waals surface area contributed by atoms with Crippen molar-refractivity contribution in [1.82, 2.24) is 5.32 Å². The minimum Gasteiger partial charge on any atom is -0.385 e. The molecule has 4 heteroatoms. The lowest BCUT2D eigenvalue weighted by atomic mass is 9.85. The van der Waals surface area contributed by atoms with Crippen molar-refractivity contribution in [1.29, 1.82) is 0 Å². The Kier molecular flexibility index (Phi) is 9.10. The fraction of sp³-hybridized carbons (Fsp3) is 0.625. The van der Waals surface area contributed by atoms with E-state index in [1.54, 1.807) is 14.2 Å². The van der Waals surface area contributed by atoms with Crippen LogP contribution in [0.5, 0.6) is 0 Å². The van der Waals surface area contributed by atoms with Crippen molar-refractivity contribution in [3.63, 3.8) is 0 Å². The Morgan fingerprint density at radius 1 is 1.10 bits per heavy atom. The number of benzene rings is 1. The summed E-state index contributed by atoms with van der Waals surface area (Å²) < 4.78 is 11.4. The van der Waals surface area contributed by atoms with E-state index in [0.717, 1.165) is 37.2 Å². The van der Waals surface area contributed by atoms with E-state index in [4.69, 9.17) is 9.47 Å². The molecule has 2 atom stereocenters. The molecule has 0 aliphatic heterocycles. The van der Waals surface area contributed by atoms with Crippen molar-refractivity contribution in [2.75, 3.05) is 40.5 Å². The molecule has 0 radical (unpaired) electrons. The molecule has 0 aromatic heterocycles. The third-order valence-electron chi connectivity index (χ3n) is 3.61. The van der Waals surface area contributed by atoms with Crippen molar-refractivity contribution in [2.24, 2.45) is 5.92 Å². The quantitative estimate of drug-likeness (QED) is 0.660. The van der Waals surface area contributed by atoms with Crippen LogP contribution in [0, 0.1) is 5.92 Å². The molecule has 1 rings (SSSR count). The predicted molar refractivity (Wildman–Crippen MR) is 87.3 cm³/mol. The van der Waals surface area contributed by atoms with Crippen molar-refractivity contribution in [2.45, 2.75) is 19.3 Å². The van der Waals surface area contributed by atoms with E-state index in [9.17, 15) is 0 Å². The molecule has 0 saturated carbocycles. The summed E-state index contributed by atoms with van der Waals surface area (Å²) in [6, 6.07) is 8.63. The van der Waals surface area contributed by atoms with Crippen molar-refractivity contribution in [3.05, 3.63) is 34.3 Å². The second kappa shape index (κ2) is 10.3. The molecule has 1 aromatic carbocycles. The fourth-order valence-electron chi connectivity index (χ4n) is 2.29. The largest absolute Gasteiger partial charge is 0.385 e. The monoisotopic (exact) mass is 343 g/mol. The molecule has 0 aliphatic rings. The molecule has 0 saturated heterocycles. The van der Waals surface area contributed by atoms with Gasteiger partial charge in [-0.1, -0.05) is 35.0 Å². The molecule has 0 aliphatic carbocycles. The molecular formula is C16H26BrNO2. The average molecular weight is 344 g/mol. The molecule has 1 aromatic rings. The van der Waals surface area contributed by atoms with Gasteiger partial charge in [0.15, 0.2) is 0 Å². The Bertz CT molecular complexity index is 356. The number of hydrogen-bond acceptors (Lipinski definition) is 3. The summed E-state index contributed by atoms with van der Waals surface area (Å²) in [4.78, 5) is 0. The summed E-state index contributed by atoms with van der Waals surface area (Å²) in [6.07, 6.45) is 1.07. The van der Waals surface area contributed by atoms with Crippen LogP contribution in [0.4, 0.5) is 0 Å². The molecule has 20 heavy (non-hydrogen) atoms. The van der Waals surface area contributed by atoms with E-state index in [1.165, 1.54) is 5.56 Å².